The maximum Gasteiger partial charge on any atom is 0.0211 e. The zero-order valence-corrected chi connectivity index (χ0v) is 20.0. The molecule has 4 nitrogen and oxygen atoms in total. The van der Waals surface area contributed by atoms with E-state index in [9.17, 15) is 0 Å². The van der Waals surface area contributed by atoms with E-state index in [-0.39, 0.29) is 0 Å². The molecule has 4 N–H and O–H groups in total. The van der Waals surface area contributed by atoms with Crippen LogP contribution in [0.2, 0.25) is 0 Å². The maximum atomic E-state index is 3.67. The van der Waals surface area contributed by atoms with Crippen LogP contribution in [0, 0.1) is 0 Å². The van der Waals surface area contributed by atoms with E-state index in [4.69, 9.17) is 0 Å². The molecule has 0 spiro atoms. The van der Waals surface area contributed by atoms with Crippen LogP contribution in [-0.2, 0) is 26.2 Å². The number of rotatable bonds is 0. The predicted octanol–water partition coefficient (Wildman–Crippen LogP) is 4.75. The summed E-state index contributed by atoms with van der Waals surface area (Å²) in [5, 5.41) is 14.7. The third-order valence-corrected chi connectivity index (χ3v) is 6.83. The van der Waals surface area contributed by atoms with Gasteiger partial charge < -0.3 is 21.3 Å². The Hall–Kier alpha value is -2.76. The molecule has 0 unspecified atom stereocenters. The van der Waals surface area contributed by atoms with Crippen LogP contribution in [-0.4, -0.2) is 26.2 Å². The summed E-state index contributed by atoms with van der Waals surface area (Å²) >= 11 is 0. The first-order chi connectivity index (χ1) is 16.9. The van der Waals surface area contributed by atoms with Gasteiger partial charge in [0.05, 0.1) is 0 Å². The van der Waals surface area contributed by atoms with Gasteiger partial charge >= 0.3 is 0 Å². The number of nitrogens with one attached hydrogen (secondary N) is 4. The second-order valence-corrected chi connectivity index (χ2v) is 9.28. The Balaban J connectivity index is 1.28. The first kappa shape index (κ1) is 23.0. The SMILES string of the molecule is c1ccc2c3cc(c-2cc1)CNCCCNCc1cc(c2cccccc1-2)CNCCCNC3. The van der Waals surface area contributed by atoms with Crippen molar-refractivity contribution in [3.05, 3.63) is 95.1 Å². The Labute approximate surface area is 203 Å². The van der Waals surface area contributed by atoms with Crippen molar-refractivity contribution in [1.82, 2.24) is 21.3 Å². The number of hydrogen-bond acceptors (Lipinski definition) is 4. The van der Waals surface area contributed by atoms with Crippen molar-refractivity contribution in [3.8, 4) is 22.3 Å². The van der Waals surface area contributed by atoms with Gasteiger partial charge in [-0.25, -0.2) is 0 Å². The second-order valence-electron chi connectivity index (χ2n) is 9.28. The second kappa shape index (κ2) is 11.6. The van der Waals surface area contributed by atoms with Crippen LogP contribution in [0.4, 0.5) is 0 Å². The molecule has 0 saturated heterocycles. The molecule has 4 bridgehead atoms. The molecule has 176 valence electrons. The van der Waals surface area contributed by atoms with Crippen molar-refractivity contribution in [2.24, 2.45) is 0 Å². The molecule has 0 fully saturated rings. The Morgan fingerprint density at radius 2 is 0.676 bits per heavy atom. The minimum Gasteiger partial charge on any atom is -0.313 e. The van der Waals surface area contributed by atoms with Gasteiger partial charge in [-0.1, -0.05) is 72.8 Å². The Morgan fingerprint density at radius 1 is 0.382 bits per heavy atom. The molecule has 0 aromatic heterocycles. The molecule has 1 heterocycles. The van der Waals surface area contributed by atoms with Crippen LogP contribution in [0.3, 0.4) is 0 Å². The van der Waals surface area contributed by atoms with Gasteiger partial charge in [-0.15, -0.1) is 0 Å². The lowest BCUT2D eigenvalue weighted by Gasteiger charge is -2.08. The Kier molecular flexibility index (Phi) is 7.84. The molecule has 0 aromatic rings. The summed E-state index contributed by atoms with van der Waals surface area (Å²) in [7, 11) is 0. The summed E-state index contributed by atoms with van der Waals surface area (Å²) in [6.45, 7) is 7.71. The summed E-state index contributed by atoms with van der Waals surface area (Å²) in [4.78, 5) is 0. The molecule has 0 atom stereocenters. The van der Waals surface area contributed by atoms with Crippen LogP contribution in [0.5, 0.6) is 0 Å². The van der Waals surface area contributed by atoms with E-state index in [0.717, 1.165) is 65.2 Å². The average molecular weight is 453 g/mol. The summed E-state index contributed by atoms with van der Waals surface area (Å²) < 4.78 is 0. The molecular formula is C30H36N4. The fraction of sp³-hybridized carbons (Fsp3) is 0.333. The van der Waals surface area contributed by atoms with E-state index < -0.39 is 0 Å². The zero-order chi connectivity index (χ0) is 23.0. The predicted molar refractivity (Wildman–Crippen MR) is 142 cm³/mol. The Morgan fingerprint density at radius 3 is 0.971 bits per heavy atom. The minimum atomic E-state index is 0.914. The molecule has 4 heteroatoms. The van der Waals surface area contributed by atoms with Crippen molar-refractivity contribution in [2.45, 2.75) is 39.0 Å². The molecule has 0 radical (unpaired) electrons. The molecule has 0 saturated carbocycles. The van der Waals surface area contributed by atoms with Crippen LogP contribution in [0.25, 0.3) is 22.3 Å². The smallest absolute Gasteiger partial charge is 0.0211 e. The van der Waals surface area contributed by atoms with Gasteiger partial charge in [-0.2, -0.15) is 0 Å². The Bertz CT molecular complexity index is 968. The quantitative estimate of drug-likeness (QED) is 0.311. The monoisotopic (exact) mass is 452 g/mol. The van der Waals surface area contributed by atoms with Gasteiger partial charge in [0.25, 0.3) is 0 Å². The summed E-state index contributed by atoms with van der Waals surface area (Å²) in [6, 6.07) is 26.7. The van der Waals surface area contributed by atoms with Gasteiger partial charge in [-0.3, -0.25) is 0 Å². The topological polar surface area (TPSA) is 48.1 Å². The van der Waals surface area contributed by atoms with E-state index in [1.165, 1.54) is 44.5 Å². The first-order valence-electron chi connectivity index (χ1n) is 12.7. The lowest BCUT2D eigenvalue weighted by atomic mass is 10.1. The lowest BCUT2D eigenvalue weighted by Crippen LogP contribution is -2.22. The zero-order valence-electron chi connectivity index (χ0n) is 20.0. The standard InChI is InChI=1S/C30H36N4/c1-3-9-27-23-17-24(28(27)10-4-1)20-32-14-8-16-34-22-26-18-25(21-33-15-7-13-31-19-23)29-11-5-2-6-12-30(26)29/h1-6,9-12,17-18,31-34H,7-8,13-16,19-22H2. The highest BCUT2D eigenvalue weighted by Gasteiger charge is 2.15. The first-order valence-corrected chi connectivity index (χ1v) is 12.7. The van der Waals surface area contributed by atoms with Crippen LogP contribution < -0.4 is 21.3 Å². The summed E-state index contributed by atoms with van der Waals surface area (Å²) in [5.41, 5.74) is 11.1. The van der Waals surface area contributed by atoms with Crippen molar-refractivity contribution in [3.63, 3.8) is 0 Å². The third kappa shape index (κ3) is 5.48. The molecule has 5 rings (SSSR count). The maximum absolute atomic E-state index is 3.67. The van der Waals surface area contributed by atoms with Crippen LogP contribution in [0.15, 0.2) is 72.8 Å². The highest BCUT2D eigenvalue weighted by atomic mass is 14.9. The molecule has 0 amide bonds. The molecule has 1 aliphatic heterocycles. The lowest BCUT2D eigenvalue weighted by molar-refractivity contribution is 0.592. The highest BCUT2D eigenvalue weighted by Crippen LogP contribution is 2.33. The highest BCUT2D eigenvalue weighted by molar-refractivity contribution is 5.75. The molecule has 4 aliphatic carbocycles. The summed E-state index contributed by atoms with van der Waals surface area (Å²) in [6.07, 6.45) is 2.23. The van der Waals surface area contributed by atoms with Crippen molar-refractivity contribution in [1.29, 1.82) is 0 Å². The summed E-state index contributed by atoms with van der Waals surface area (Å²) in [5.74, 6) is 0. The fourth-order valence-corrected chi connectivity index (χ4v) is 5.10. The normalized spacial score (nSPS) is 16.9. The van der Waals surface area contributed by atoms with Crippen molar-refractivity contribution >= 4 is 0 Å². The fourth-order valence-electron chi connectivity index (χ4n) is 5.10. The van der Waals surface area contributed by atoms with Crippen LogP contribution >= 0.6 is 0 Å². The molecular weight excluding hydrogens is 416 g/mol. The third-order valence-electron chi connectivity index (χ3n) is 6.83. The number of fused-ring (bicyclic) bond motifs is 10. The van der Waals surface area contributed by atoms with E-state index in [0.29, 0.717) is 0 Å². The van der Waals surface area contributed by atoms with E-state index in [1.807, 2.05) is 0 Å². The van der Waals surface area contributed by atoms with Crippen molar-refractivity contribution in [2.75, 3.05) is 26.2 Å². The van der Waals surface area contributed by atoms with E-state index in [2.05, 4.69) is 94.1 Å². The van der Waals surface area contributed by atoms with Gasteiger partial charge in [0.15, 0.2) is 0 Å². The number of hydrogen-bond donors (Lipinski definition) is 4. The molecule has 5 aliphatic rings. The van der Waals surface area contributed by atoms with Crippen molar-refractivity contribution < 1.29 is 0 Å². The van der Waals surface area contributed by atoms with Crippen LogP contribution in [0.1, 0.15) is 35.1 Å². The van der Waals surface area contributed by atoms with Gasteiger partial charge in [-0.05, 0) is 83.5 Å². The van der Waals surface area contributed by atoms with Gasteiger partial charge in [0.1, 0.15) is 0 Å². The van der Waals surface area contributed by atoms with E-state index >= 15 is 0 Å². The molecule has 0 aromatic carbocycles. The minimum absolute atomic E-state index is 0.914. The van der Waals surface area contributed by atoms with Gasteiger partial charge in [0, 0.05) is 26.2 Å². The van der Waals surface area contributed by atoms with Gasteiger partial charge in [0.2, 0.25) is 0 Å². The average Bonchev–Trinajstić information content (AvgIpc) is 3.10. The van der Waals surface area contributed by atoms with E-state index in [1.54, 1.807) is 0 Å². The molecule has 34 heavy (non-hydrogen) atoms. The largest absolute Gasteiger partial charge is 0.313 e.